The molecule has 3 nitrogen and oxygen atoms in total. The Morgan fingerprint density at radius 3 is 2.18 bits per heavy atom. The first-order chi connectivity index (χ1) is 8.31. The molecule has 0 N–H and O–H groups in total. The van der Waals surface area contributed by atoms with Crippen molar-refractivity contribution in [3.63, 3.8) is 0 Å². The van der Waals surface area contributed by atoms with E-state index in [0.717, 1.165) is 0 Å². The first-order valence-corrected chi connectivity index (χ1v) is 6.55. The summed E-state index contributed by atoms with van der Waals surface area (Å²) < 4.78 is 13.1. The van der Waals surface area contributed by atoms with Crippen molar-refractivity contribution in [1.82, 2.24) is 4.57 Å². The van der Waals surface area contributed by atoms with Gasteiger partial charge in [-0.3, -0.25) is 0 Å². The van der Waals surface area contributed by atoms with E-state index in [1.165, 1.54) is 10.8 Å². The zero-order valence-electron chi connectivity index (χ0n) is 9.17. The van der Waals surface area contributed by atoms with Crippen LogP contribution in [0.5, 0.6) is 0 Å². The van der Waals surface area contributed by atoms with Crippen LogP contribution in [0.1, 0.15) is 0 Å². The van der Waals surface area contributed by atoms with Crippen molar-refractivity contribution in [2.45, 2.75) is 12.3 Å². The molecule has 0 radical (unpaired) electrons. The summed E-state index contributed by atoms with van der Waals surface area (Å²) in [5, 5.41) is 3.08. The zero-order valence-corrected chi connectivity index (χ0v) is 10.8. The molecule has 0 bridgehead atoms. The van der Waals surface area contributed by atoms with Crippen molar-refractivity contribution in [2.24, 2.45) is 0 Å². The van der Waals surface area contributed by atoms with Gasteiger partial charge in [0.15, 0.2) is 0 Å². The Labute approximate surface area is 108 Å². The van der Waals surface area contributed by atoms with Crippen LogP contribution in [0.2, 0.25) is 0 Å². The first kappa shape index (κ1) is 10.7. The highest BCUT2D eigenvalue weighted by atomic mass is 79.9. The summed E-state index contributed by atoms with van der Waals surface area (Å²) in [5.41, 5.74) is 0. The van der Waals surface area contributed by atoms with E-state index in [1.54, 1.807) is 12.5 Å². The van der Waals surface area contributed by atoms with Gasteiger partial charge < -0.3 is 14.0 Å². The largest absolute Gasteiger partial charge is 0.454 e. The van der Waals surface area contributed by atoms with Crippen LogP contribution < -0.4 is 0 Å². The molecule has 0 fully saturated rings. The Morgan fingerprint density at radius 1 is 1.06 bits per heavy atom. The smallest absolute Gasteiger partial charge is 0.277 e. The topological polar surface area (TPSA) is 23.4 Å². The maximum atomic E-state index is 5.52. The van der Waals surface area contributed by atoms with Crippen LogP contribution >= 0.6 is 15.9 Å². The third-order valence-corrected chi connectivity index (χ3v) is 3.71. The SMILES string of the molecule is BrCC1(Cn2cc3ccccc3c2)OC=CO1. The zero-order chi connectivity index (χ0) is 11.7. The fourth-order valence-corrected chi connectivity index (χ4v) is 2.46. The number of hydrogen-bond acceptors (Lipinski definition) is 2. The van der Waals surface area contributed by atoms with Gasteiger partial charge in [0.1, 0.15) is 19.1 Å². The molecule has 0 saturated heterocycles. The summed E-state index contributed by atoms with van der Waals surface area (Å²) in [6, 6.07) is 8.27. The molecule has 3 rings (SSSR count). The predicted molar refractivity (Wildman–Crippen MR) is 69.8 cm³/mol. The molecule has 0 spiro atoms. The van der Waals surface area contributed by atoms with E-state index in [-0.39, 0.29) is 0 Å². The lowest BCUT2D eigenvalue weighted by molar-refractivity contribution is -0.130. The van der Waals surface area contributed by atoms with Gasteiger partial charge in [0.2, 0.25) is 0 Å². The molecule has 1 aliphatic heterocycles. The van der Waals surface area contributed by atoms with Crippen LogP contribution in [-0.4, -0.2) is 15.7 Å². The highest BCUT2D eigenvalue weighted by Crippen LogP contribution is 2.26. The number of benzene rings is 1. The third kappa shape index (κ3) is 1.93. The molecule has 1 aliphatic rings. The molecule has 1 aromatic carbocycles. The fourth-order valence-electron chi connectivity index (χ4n) is 2.02. The third-order valence-electron chi connectivity index (χ3n) is 2.85. The van der Waals surface area contributed by atoms with Gasteiger partial charge in [0.05, 0.1) is 5.33 Å². The van der Waals surface area contributed by atoms with Crippen LogP contribution in [0.15, 0.2) is 49.2 Å². The molecule has 2 aromatic rings. The Kier molecular flexibility index (Phi) is 2.59. The van der Waals surface area contributed by atoms with Gasteiger partial charge in [-0.1, -0.05) is 40.2 Å². The minimum Gasteiger partial charge on any atom is -0.454 e. The fraction of sp³-hybridized carbons (Fsp3) is 0.231. The Bertz CT molecular complexity index is 520. The molecule has 0 atom stereocenters. The van der Waals surface area contributed by atoms with Crippen LogP contribution in [-0.2, 0) is 16.0 Å². The average Bonchev–Trinajstić information content (AvgIpc) is 2.95. The molecule has 0 aliphatic carbocycles. The van der Waals surface area contributed by atoms with Gasteiger partial charge in [-0.05, 0) is 10.8 Å². The van der Waals surface area contributed by atoms with Crippen LogP contribution in [0.3, 0.4) is 0 Å². The summed E-state index contributed by atoms with van der Waals surface area (Å²) in [4.78, 5) is 0. The predicted octanol–water partition coefficient (Wildman–Crippen LogP) is 3.25. The lowest BCUT2D eigenvalue weighted by Crippen LogP contribution is -2.36. The van der Waals surface area contributed by atoms with Gasteiger partial charge in [-0.15, -0.1) is 0 Å². The summed E-state index contributed by atoms with van der Waals surface area (Å²) in [6.07, 6.45) is 7.38. The van der Waals surface area contributed by atoms with Gasteiger partial charge in [-0.25, -0.2) is 0 Å². The van der Waals surface area contributed by atoms with Crippen LogP contribution in [0.25, 0.3) is 10.8 Å². The summed E-state index contributed by atoms with van der Waals surface area (Å²) >= 11 is 3.43. The van der Waals surface area contributed by atoms with Crippen molar-refractivity contribution < 1.29 is 9.47 Å². The number of nitrogens with zero attached hydrogens (tertiary/aromatic N) is 1. The number of ether oxygens (including phenoxy) is 2. The van der Waals surface area contributed by atoms with E-state index in [9.17, 15) is 0 Å². The van der Waals surface area contributed by atoms with Crippen LogP contribution in [0.4, 0.5) is 0 Å². The highest BCUT2D eigenvalue weighted by molar-refractivity contribution is 9.09. The highest BCUT2D eigenvalue weighted by Gasteiger charge is 2.35. The molecular weight excluding hydrogens is 282 g/mol. The first-order valence-electron chi connectivity index (χ1n) is 5.42. The van der Waals surface area contributed by atoms with E-state index < -0.39 is 5.79 Å². The van der Waals surface area contributed by atoms with E-state index in [4.69, 9.17) is 9.47 Å². The minimum absolute atomic E-state index is 0.616. The van der Waals surface area contributed by atoms with Crippen LogP contribution in [0, 0.1) is 0 Å². The van der Waals surface area contributed by atoms with Crippen molar-refractivity contribution in [2.75, 3.05) is 5.33 Å². The standard InChI is InChI=1S/C13H12BrNO2/c14-9-13(16-5-6-17-13)10-15-7-11-3-1-2-4-12(11)8-15/h1-8H,9-10H2. The number of alkyl halides is 1. The molecule has 1 aromatic heterocycles. The number of rotatable bonds is 3. The van der Waals surface area contributed by atoms with E-state index >= 15 is 0 Å². The minimum atomic E-state index is -0.616. The molecule has 4 heteroatoms. The molecule has 2 heterocycles. The molecule has 0 unspecified atom stereocenters. The van der Waals surface area contributed by atoms with Crippen molar-refractivity contribution in [3.8, 4) is 0 Å². The lowest BCUT2D eigenvalue weighted by atomic mass is 10.2. The van der Waals surface area contributed by atoms with Crippen molar-refractivity contribution >= 4 is 26.7 Å². The van der Waals surface area contributed by atoms with Gasteiger partial charge in [0.25, 0.3) is 5.79 Å². The molecule has 0 amide bonds. The van der Waals surface area contributed by atoms with E-state index in [2.05, 4.69) is 45.0 Å². The number of aromatic nitrogens is 1. The number of halogens is 1. The Balaban J connectivity index is 1.89. The Hall–Kier alpha value is -1.42. The van der Waals surface area contributed by atoms with Gasteiger partial charge in [0, 0.05) is 12.4 Å². The maximum Gasteiger partial charge on any atom is 0.277 e. The summed E-state index contributed by atoms with van der Waals surface area (Å²) in [6.45, 7) is 0.653. The molecular formula is C13H12BrNO2. The second-order valence-corrected chi connectivity index (χ2v) is 4.67. The quantitative estimate of drug-likeness (QED) is 0.811. The molecule has 17 heavy (non-hydrogen) atoms. The maximum absolute atomic E-state index is 5.52. The molecule has 88 valence electrons. The molecule has 0 saturated carbocycles. The summed E-state index contributed by atoms with van der Waals surface area (Å²) in [7, 11) is 0. The van der Waals surface area contributed by atoms with Gasteiger partial charge in [-0.2, -0.15) is 0 Å². The van der Waals surface area contributed by atoms with Crippen molar-refractivity contribution in [3.05, 3.63) is 49.2 Å². The van der Waals surface area contributed by atoms with E-state index in [1.807, 2.05) is 12.1 Å². The summed E-state index contributed by atoms with van der Waals surface area (Å²) in [5.74, 6) is -0.616. The Morgan fingerprint density at radius 2 is 1.65 bits per heavy atom. The van der Waals surface area contributed by atoms with Gasteiger partial charge >= 0.3 is 0 Å². The van der Waals surface area contributed by atoms with Crippen molar-refractivity contribution in [1.29, 1.82) is 0 Å². The number of hydrogen-bond donors (Lipinski definition) is 0. The monoisotopic (exact) mass is 293 g/mol. The van der Waals surface area contributed by atoms with E-state index in [0.29, 0.717) is 11.9 Å². The number of fused-ring (bicyclic) bond motifs is 1. The second-order valence-electron chi connectivity index (χ2n) is 4.11. The average molecular weight is 294 g/mol. The second kappa shape index (κ2) is 4.11. The lowest BCUT2D eigenvalue weighted by Gasteiger charge is -2.25. The normalized spacial score (nSPS) is 17.0.